The number of benzene rings is 2. The number of hydrogen-bond acceptors (Lipinski definition) is 5. The van der Waals surface area contributed by atoms with Crippen LogP contribution in [0.4, 0.5) is 0 Å². The van der Waals surface area contributed by atoms with Crippen molar-refractivity contribution in [1.82, 2.24) is 13.7 Å². The van der Waals surface area contributed by atoms with Crippen molar-refractivity contribution in [2.24, 2.45) is 14.1 Å². The molecule has 0 unspecified atom stereocenters. The van der Waals surface area contributed by atoms with Crippen LogP contribution in [0.2, 0.25) is 0 Å². The Morgan fingerprint density at radius 3 is 2.56 bits per heavy atom. The number of phenols is 2. The second-order valence-corrected chi connectivity index (χ2v) is 8.18. The second-order valence-electron chi connectivity index (χ2n) is 8.18. The van der Waals surface area contributed by atoms with Gasteiger partial charge in [-0.15, -0.1) is 0 Å². The number of aromatic nitrogens is 3. The fraction of sp³-hybridized carbons (Fsp3) is 0.250. The summed E-state index contributed by atoms with van der Waals surface area (Å²) >= 11 is 0. The van der Waals surface area contributed by atoms with Crippen LogP contribution in [0.5, 0.6) is 11.5 Å². The van der Waals surface area contributed by atoms with E-state index in [1.54, 1.807) is 7.05 Å². The molecule has 4 aromatic rings. The third-order valence-corrected chi connectivity index (χ3v) is 6.14. The molecule has 1 aliphatic rings. The van der Waals surface area contributed by atoms with E-state index in [0.717, 1.165) is 15.7 Å². The normalized spacial score (nSPS) is 15.8. The summed E-state index contributed by atoms with van der Waals surface area (Å²) in [6, 6.07) is 12.1. The first-order chi connectivity index (χ1) is 15.3. The van der Waals surface area contributed by atoms with Crippen molar-refractivity contribution in [3.8, 4) is 22.8 Å². The van der Waals surface area contributed by atoms with Crippen molar-refractivity contribution >= 4 is 10.9 Å². The van der Waals surface area contributed by atoms with Crippen molar-refractivity contribution in [3.63, 3.8) is 0 Å². The van der Waals surface area contributed by atoms with E-state index in [-0.39, 0.29) is 17.1 Å². The molecule has 0 bridgehead atoms. The lowest BCUT2D eigenvalue weighted by molar-refractivity contribution is 0.0463. The molecule has 0 fully saturated rings. The summed E-state index contributed by atoms with van der Waals surface area (Å²) in [6.45, 7) is 2.79. The number of aromatic hydroxyl groups is 2. The maximum atomic E-state index is 13.4. The van der Waals surface area contributed by atoms with Crippen LogP contribution in [0.15, 0.2) is 52.1 Å². The molecule has 5 rings (SSSR count). The molecule has 2 N–H and O–H groups in total. The zero-order valence-corrected chi connectivity index (χ0v) is 18.0. The SMILES string of the molecule is Cc1cccc(-c2c3c(=O)n(C)c(=O)n(C)c3c3n2CCO[C@@H]3c2cc(O)ccc2O)c1. The Labute approximate surface area is 183 Å². The van der Waals surface area contributed by atoms with Gasteiger partial charge in [0.25, 0.3) is 5.56 Å². The molecule has 32 heavy (non-hydrogen) atoms. The molecular weight excluding hydrogens is 410 g/mol. The summed E-state index contributed by atoms with van der Waals surface area (Å²) in [7, 11) is 3.09. The van der Waals surface area contributed by atoms with Crippen LogP contribution in [0.3, 0.4) is 0 Å². The lowest BCUT2D eigenvalue weighted by Crippen LogP contribution is -2.37. The molecular formula is C24H23N3O5. The van der Waals surface area contributed by atoms with E-state index in [9.17, 15) is 19.8 Å². The molecule has 8 nitrogen and oxygen atoms in total. The van der Waals surface area contributed by atoms with E-state index < -0.39 is 11.8 Å². The summed E-state index contributed by atoms with van der Waals surface area (Å²) in [5, 5.41) is 21.0. The highest BCUT2D eigenvalue weighted by atomic mass is 16.5. The van der Waals surface area contributed by atoms with Crippen LogP contribution in [0, 0.1) is 6.92 Å². The summed E-state index contributed by atoms with van der Waals surface area (Å²) < 4.78 is 10.6. The number of hydrogen-bond donors (Lipinski definition) is 2. The predicted octanol–water partition coefficient (Wildman–Crippen LogP) is 2.54. The monoisotopic (exact) mass is 433 g/mol. The molecule has 2 aromatic carbocycles. The van der Waals surface area contributed by atoms with Crippen molar-refractivity contribution in [1.29, 1.82) is 0 Å². The van der Waals surface area contributed by atoms with Crippen LogP contribution < -0.4 is 11.2 Å². The molecule has 0 radical (unpaired) electrons. The number of phenolic OH excluding ortho intramolecular Hbond substituents is 2. The molecule has 8 heteroatoms. The Kier molecular flexibility index (Phi) is 4.49. The highest BCUT2D eigenvalue weighted by Gasteiger charge is 2.34. The van der Waals surface area contributed by atoms with E-state index >= 15 is 0 Å². The third-order valence-electron chi connectivity index (χ3n) is 6.14. The second kappa shape index (κ2) is 7.13. The fourth-order valence-electron chi connectivity index (χ4n) is 4.66. The molecule has 1 aliphatic heterocycles. The van der Waals surface area contributed by atoms with Crippen LogP contribution in [0.1, 0.15) is 22.9 Å². The smallest absolute Gasteiger partial charge is 0.331 e. The van der Waals surface area contributed by atoms with Crippen molar-refractivity contribution in [2.75, 3.05) is 6.61 Å². The molecule has 164 valence electrons. The predicted molar refractivity (Wildman–Crippen MR) is 120 cm³/mol. The Hall–Kier alpha value is -3.78. The minimum absolute atomic E-state index is 0.0157. The first-order valence-electron chi connectivity index (χ1n) is 10.3. The molecule has 2 aromatic heterocycles. The molecule has 3 heterocycles. The average Bonchev–Trinajstić information content (AvgIpc) is 3.13. The van der Waals surface area contributed by atoms with Crippen LogP contribution in [0.25, 0.3) is 22.2 Å². The number of rotatable bonds is 2. The number of ether oxygens (including phenoxy) is 1. The Morgan fingerprint density at radius 2 is 1.81 bits per heavy atom. The van der Waals surface area contributed by atoms with Crippen LogP contribution in [-0.2, 0) is 25.4 Å². The fourth-order valence-corrected chi connectivity index (χ4v) is 4.66. The molecule has 0 saturated heterocycles. The van der Waals surface area contributed by atoms with E-state index in [4.69, 9.17) is 4.74 Å². The topological polar surface area (TPSA) is 98.6 Å². The van der Waals surface area contributed by atoms with Gasteiger partial charge in [-0.3, -0.25) is 13.9 Å². The summed E-state index contributed by atoms with van der Waals surface area (Å²) in [5.41, 5.74) is 3.21. The van der Waals surface area contributed by atoms with Gasteiger partial charge in [-0.1, -0.05) is 23.8 Å². The molecule has 0 amide bonds. The molecule has 1 atom stereocenters. The standard InChI is InChI=1S/C24H23N3O5/c1-13-5-4-6-14(11-13)19-18-20(25(2)24(31)26(3)23(18)30)21-22(32-10-9-27(19)21)16-12-15(28)7-8-17(16)29/h4-8,11-12,22,28-29H,9-10H2,1-3H3/t22-/m1/s1. The zero-order chi connectivity index (χ0) is 22.7. The first kappa shape index (κ1) is 20.1. The van der Waals surface area contributed by atoms with Crippen molar-refractivity contribution in [2.45, 2.75) is 19.6 Å². The highest BCUT2D eigenvalue weighted by Crippen LogP contribution is 2.43. The maximum Gasteiger partial charge on any atom is 0.331 e. The number of nitrogens with zero attached hydrogens (tertiary/aromatic N) is 3. The maximum absolute atomic E-state index is 13.4. The van der Waals surface area contributed by atoms with Gasteiger partial charge in [-0.25, -0.2) is 4.79 Å². The Morgan fingerprint density at radius 1 is 1.03 bits per heavy atom. The third kappa shape index (κ3) is 2.80. The van der Waals surface area contributed by atoms with Gasteiger partial charge in [0.2, 0.25) is 0 Å². The highest BCUT2D eigenvalue weighted by molar-refractivity contribution is 5.96. The Balaban J connectivity index is 1.97. The van der Waals surface area contributed by atoms with Gasteiger partial charge in [0.05, 0.1) is 28.9 Å². The van der Waals surface area contributed by atoms with Gasteiger partial charge < -0.3 is 19.5 Å². The van der Waals surface area contributed by atoms with Gasteiger partial charge in [-0.05, 0) is 36.8 Å². The van der Waals surface area contributed by atoms with Crippen LogP contribution in [-0.4, -0.2) is 30.5 Å². The lowest BCUT2D eigenvalue weighted by Gasteiger charge is -2.28. The Bertz CT molecular complexity index is 1510. The number of aryl methyl sites for hydroxylation is 2. The van der Waals surface area contributed by atoms with Crippen molar-refractivity contribution < 1.29 is 14.9 Å². The lowest BCUT2D eigenvalue weighted by atomic mass is 10.0. The van der Waals surface area contributed by atoms with Gasteiger partial charge in [0.15, 0.2) is 0 Å². The van der Waals surface area contributed by atoms with E-state index in [2.05, 4.69) is 0 Å². The molecule has 0 aliphatic carbocycles. The van der Waals surface area contributed by atoms with Gasteiger partial charge in [0.1, 0.15) is 17.6 Å². The van der Waals surface area contributed by atoms with Gasteiger partial charge in [0, 0.05) is 26.2 Å². The van der Waals surface area contributed by atoms with Gasteiger partial charge >= 0.3 is 5.69 Å². The first-order valence-corrected chi connectivity index (χ1v) is 10.3. The summed E-state index contributed by atoms with van der Waals surface area (Å²) in [6.07, 6.45) is -0.769. The summed E-state index contributed by atoms with van der Waals surface area (Å²) in [5.74, 6) is -0.0559. The largest absolute Gasteiger partial charge is 0.508 e. The van der Waals surface area contributed by atoms with E-state index in [0.29, 0.717) is 41.0 Å². The van der Waals surface area contributed by atoms with Gasteiger partial charge in [-0.2, -0.15) is 0 Å². The average molecular weight is 433 g/mol. The van der Waals surface area contributed by atoms with E-state index in [1.807, 2.05) is 35.8 Å². The van der Waals surface area contributed by atoms with E-state index in [1.165, 1.54) is 29.8 Å². The minimum atomic E-state index is -0.769. The summed E-state index contributed by atoms with van der Waals surface area (Å²) in [4.78, 5) is 26.2. The zero-order valence-electron chi connectivity index (χ0n) is 18.0. The molecule has 0 spiro atoms. The minimum Gasteiger partial charge on any atom is -0.508 e. The number of fused-ring (bicyclic) bond motifs is 3. The van der Waals surface area contributed by atoms with Crippen molar-refractivity contribution in [3.05, 3.63) is 80.1 Å². The quantitative estimate of drug-likeness (QED) is 0.474. The van der Waals surface area contributed by atoms with Crippen LogP contribution >= 0.6 is 0 Å². The molecule has 0 saturated carbocycles.